The summed E-state index contributed by atoms with van der Waals surface area (Å²) in [6, 6.07) is 12.3. The fourth-order valence-corrected chi connectivity index (χ4v) is 2.11. The molecule has 4 heteroatoms. The van der Waals surface area contributed by atoms with Crippen LogP contribution in [0.1, 0.15) is 17.0 Å². The molecule has 2 aromatic rings. The summed E-state index contributed by atoms with van der Waals surface area (Å²) in [5, 5.41) is 0. The maximum Gasteiger partial charge on any atom is 0.146 e. The van der Waals surface area contributed by atoms with E-state index in [1.165, 1.54) is 6.07 Å². The van der Waals surface area contributed by atoms with Crippen molar-refractivity contribution in [2.75, 3.05) is 6.54 Å². The van der Waals surface area contributed by atoms with Gasteiger partial charge in [0.05, 0.1) is 5.92 Å². The van der Waals surface area contributed by atoms with Crippen molar-refractivity contribution in [2.24, 2.45) is 5.73 Å². The first-order chi connectivity index (χ1) is 9.61. The number of nitrogens with two attached hydrogens (primary N) is 1. The maximum absolute atomic E-state index is 13.6. The van der Waals surface area contributed by atoms with E-state index in [9.17, 15) is 13.6 Å². The van der Waals surface area contributed by atoms with Crippen molar-refractivity contribution in [1.29, 1.82) is 0 Å². The zero-order chi connectivity index (χ0) is 14.5. The first-order valence-corrected chi connectivity index (χ1v) is 6.33. The number of ketones is 1. The molecule has 0 spiro atoms. The Kier molecular flexibility index (Phi) is 4.58. The molecule has 0 amide bonds. The average Bonchev–Trinajstić information content (AvgIpc) is 2.44. The summed E-state index contributed by atoms with van der Waals surface area (Å²) < 4.78 is 26.4. The topological polar surface area (TPSA) is 43.1 Å². The third-order valence-corrected chi connectivity index (χ3v) is 3.21. The molecule has 0 aromatic heterocycles. The van der Waals surface area contributed by atoms with Crippen LogP contribution in [0.4, 0.5) is 8.78 Å². The lowest BCUT2D eigenvalue weighted by molar-refractivity contribution is -0.119. The predicted octanol–water partition coefficient (Wildman–Crippen LogP) is 2.82. The lowest BCUT2D eigenvalue weighted by atomic mass is 9.91. The molecule has 0 heterocycles. The van der Waals surface area contributed by atoms with Crippen molar-refractivity contribution in [1.82, 2.24) is 0 Å². The average molecular weight is 275 g/mol. The van der Waals surface area contributed by atoms with Gasteiger partial charge in [0.1, 0.15) is 17.4 Å². The van der Waals surface area contributed by atoms with Crippen LogP contribution in [-0.4, -0.2) is 12.3 Å². The minimum atomic E-state index is -0.706. The molecule has 2 rings (SSSR count). The number of rotatable bonds is 5. The molecular formula is C16H15F2NO. The fourth-order valence-electron chi connectivity index (χ4n) is 2.11. The number of hydrogen-bond acceptors (Lipinski definition) is 2. The predicted molar refractivity (Wildman–Crippen MR) is 73.3 cm³/mol. The van der Waals surface area contributed by atoms with Crippen LogP contribution in [0.2, 0.25) is 0 Å². The normalized spacial score (nSPS) is 12.2. The van der Waals surface area contributed by atoms with Gasteiger partial charge >= 0.3 is 0 Å². The van der Waals surface area contributed by atoms with E-state index in [1.54, 1.807) is 0 Å². The molecule has 0 saturated heterocycles. The highest BCUT2D eigenvalue weighted by molar-refractivity contribution is 5.87. The molecule has 2 N–H and O–H groups in total. The van der Waals surface area contributed by atoms with E-state index in [-0.39, 0.29) is 24.3 Å². The van der Waals surface area contributed by atoms with Gasteiger partial charge in [-0.15, -0.1) is 0 Å². The van der Waals surface area contributed by atoms with Gasteiger partial charge in [-0.2, -0.15) is 0 Å². The maximum atomic E-state index is 13.6. The molecule has 1 unspecified atom stereocenters. The molecule has 0 bridgehead atoms. The highest BCUT2D eigenvalue weighted by Gasteiger charge is 2.20. The zero-order valence-corrected chi connectivity index (χ0v) is 10.9. The van der Waals surface area contributed by atoms with Crippen LogP contribution in [0.3, 0.4) is 0 Å². The monoisotopic (exact) mass is 275 g/mol. The van der Waals surface area contributed by atoms with E-state index >= 15 is 0 Å². The summed E-state index contributed by atoms with van der Waals surface area (Å²) in [5.41, 5.74) is 6.64. The second-order valence-electron chi connectivity index (χ2n) is 4.58. The Bertz CT molecular complexity index is 599. The molecule has 2 nitrogen and oxygen atoms in total. The quantitative estimate of drug-likeness (QED) is 0.911. The fraction of sp³-hybridized carbons (Fsp3) is 0.188. The largest absolute Gasteiger partial charge is 0.329 e. The van der Waals surface area contributed by atoms with Crippen molar-refractivity contribution >= 4 is 5.78 Å². The van der Waals surface area contributed by atoms with E-state index in [1.807, 2.05) is 30.3 Å². The Labute approximate surface area is 116 Å². The Morgan fingerprint density at radius 1 is 1.10 bits per heavy atom. The molecule has 2 aromatic carbocycles. The minimum absolute atomic E-state index is 0.0944. The number of benzene rings is 2. The molecule has 104 valence electrons. The van der Waals surface area contributed by atoms with Crippen molar-refractivity contribution in [3.05, 3.63) is 71.3 Å². The Balaban J connectivity index is 2.18. The lowest BCUT2D eigenvalue weighted by Gasteiger charge is -2.14. The molecule has 0 radical (unpaired) electrons. The molecule has 20 heavy (non-hydrogen) atoms. The Morgan fingerprint density at radius 3 is 2.40 bits per heavy atom. The lowest BCUT2D eigenvalue weighted by Crippen LogP contribution is -2.23. The number of halogens is 2. The molecular weight excluding hydrogens is 260 g/mol. The molecule has 0 saturated carbocycles. The van der Waals surface area contributed by atoms with Crippen LogP contribution in [-0.2, 0) is 11.2 Å². The van der Waals surface area contributed by atoms with E-state index in [0.29, 0.717) is 0 Å². The summed E-state index contributed by atoms with van der Waals surface area (Å²) in [7, 11) is 0. The van der Waals surface area contributed by atoms with E-state index < -0.39 is 17.6 Å². The van der Waals surface area contributed by atoms with Crippen molar-refractivity contribution < 1.29 is 13.6 Å². The first kappa shape index (κ1) is 14.3. The third kappa shape index (κ3) is 3.27. The Morgan fingerprint density at radius 2 is 1.80 bits per heavy atom. The second-order valence-corrected chi connectivity index (χ2v) is 4.58. The molecule has 1 atom stereocenters. The Hall–Kier alpha value is -2.07. The van der Waals surface area contributed by atoms with Gasteiger partial charge in [-0.25, -0.2) is 8.78 Å². The zero-order valence-electron chi connectivity index (χ0n) is 10.9. The summed E-state index contributed by atoms with van der Waals surface area (Å²) in [4.78, 5) is 12.2. The van der Waals surface area contributed by atoms with Crippen molar-refractivity contribution in [2.45, 2.75) is 12.3 Å². The molecule has 0 aliphatic carbocycles. The highest BCUT2D eigenvalue weighted by atomic mass is 19.1. The van der Waals surface area contributed by atoms with E-state index in [0.717, 1.165) is 17.7 Å². The van der Waals surface area contributed by atoms with Gasteiger partial charge in [0.25, 0.3) is 0 Å². The van der Waals surface area contributed by atoms with Gasteiger partial charge in [-0.1, -0.05) is 36.4 Å². The van der Waals surface area contributed by atoms with Gasteiger partial charge in [0.15, 0.2) is 0 Å². The number of carbonyl (C=O) groups is 1. The van der Waals surface area contributed by atoms with Crippen molar-refractivity contribution in [3.63, 3.8) is 0 Å². The van der Waals surface area contributed by atoms with Crippen LogP contribution in [0.25, 0.3) is 0 Å². The van der Waals surface area contributed by atoms with Crippen LogP contribution < -0.4 is 5.73 Å². The van der Waals surface area contributed by atoms with Crippen LogP contribution >= 0.6 is 0 Å². The van der Waals surface area contributed by atoms with Crippen molar-refractivity contribution in [3.8, 4) is 0 Å². The van der Waals surface area contributed by atoms with Gasteiger partial charge in [0, 0.05) is 19.0 Å². The standard InChI is InChI=1S/C16H15F2NO/c17-13-7-6-12(15(18)9-13)8-16(20)14(10-19)11-4-2-1-3-5-11/h1-7,9,14H,8,10,19H2. The molecule has 0 fully saturated rings. The second kappa shape index (κ2) is 6.39. The SMILES string of the molecule is NCC(C(=O)Cc1ccc(F)cc1F)c1ccccc1. The smallest absolute Gasteiger partial charge is 0.146 e. The van der Waals surface area contributed by atoms with E-state index in [4.69, 9.17) is 5.73 Å². The third-order valence-electron chi connectivity index (χ3n) is 3.21. The summed E-state index contributed by atoms with van der Waals surface area (Å²) >= 11 is 0. The number of Topliss-reactive ketones (excluding diaryl/α,β-unsaturated/α-hetero) is 1. The van der Waals surface area contributed by atoms with E-state index in [2.05, 4.69) is 0 Å². The molecule has 0 aliphatic heterocycles. The van der Waals surface area contributed by atoms with Crippen LogP contribution in [0.5, 0.6) is 0 Å². The van der Waals surface area contributed by atoms with Gasteiger partial charge in [-0.3, -0.25) is 4.79 Å². The van der Waals surface area contributed by atoms with Crippen LogP contribution in [0.15, 0.2) is 48.5 Å². The summed E-state index contributed by atoms with van der Waals surface area (Å²) in [5.74, 6) is -2.01. The van der Waals surface area contributed by atoms with Gasteiger partial charge < -0.3 is 5.73 Å². The first-order valence-electron chi connectivity index (χ1n) is 6.33. The summed E-state index contributed by atoms with van der Waals surface area (Å²) in [6.07, 6.45) is -0.0944. The van der Waals surface area contributed by atoms with Crippen LogP contribution in [0, 0.1) is 11.6 Å². The number of carbonyl (C=O) groups excluding carboxylic acids is 1. The minimum Gasteiger partial charge on any atom is -0.329 e. The number of hydrogen-bond donors (Lipinski definition) is 1. The summed E-state index contributed by atoms with van der Waals surface area (Å²) in [6.45, 7) is 0.158. The van der Waals surface area contributed by atoms with Gasteiger partial charge in [0.2, 0.25) is 0 Å². The highest BCUT2D eigenvalue weighted by Crippen LogP contribution is 2.19. The van der Waals surface area contributed by atoms with Gasteiger partial charge in [-0.05, 0) is 17.2 Å². The molecule has 0 aliphatic rings.